The fourth-order valence-electron chi connectivity index (χ4n) is 1.02. The van der Waals surface area contributed by atoms with Crippen LogP contribution in [0.1, 0.15) is 5.76 Å². The molecule has 0 aliphatic rings. The Morgan fingerprint density at radius 1 is 1.29 bits per heavy atom. The molecule has 0 bridgehead atoms. The van der Waals surface area contributed by atoms with Gasteiger partial charge in [0.2, 0.25) is 5.89 Å². The van der Waals surface area contributed by atoms with Crippen LogP contribution in [-0.4, -0.2) is 15.1 Å². The van der Waals surface area contributed by atoms with E-state index in [0.29, 0.717) is 16.8 Å². The van der Waals surface area contributed by atoms with Gasteiger partial charge in [-0.3, -0.25) is 0 Å². The fraction of sp³-hybridized carbons (Fsp3) is 0.111. The SMILES string of the molecule is OCc1cnc(-c2ccc(Cl)nc2)o1. The summed E-state index contributed by atoms with van der Waals surface area (Å²) in [4.78, 5) is 7.87. The van der Waals surface area contributed by atoms with Crippen molar-refractivity contribution in [2.24, 2.45) is 0 Å². The first kappa shape index (κ1) is 9.18. The summed E-state index contributed by atoms with van der Waals surface area (Å²) in [6, 6.07) is 3.40. The molecule has 0 spiro atoms. The number of rotatable bonds is 2. The lowest BCUT2D eigenvalue weighted by atomic mass is 10.3. The Labute approximate surface area is 85.2 Å². The Hall–Kier alpha value is -1.39. The van der Waals surface area contributed by atoms with Gasteiger partial charge in [-0.2, -0.15) is 0 Å². The monoisotopic (exact) mass is 210 g/mol. The van der Waals surface area contributed by atoms with Crippen LogP contribution in [0.25, 0.3) is 11.5 Å². The Kier molecular flexibility index (Phi) is 2.47. The molecule has 0 aliphatic heterocycles. The van der Waals surface area contributed by atoms with E-state index in [1.165, 1.54) is 6.20 Å². The van der Waals surface area contributed by atoms with E-state index >= 15 is 0 Å². The van der Waals surface area contributed by atoms with Gasteiger partial charge in [-0.05, 0) is 12.1 Å². The van der Waals surface area contributed by atoms with Crippen molar-refractivity contribution in [3.63, 3.8) is 0 Å². The zero-order chi connectivity index (χ0) is 9.97. The van der Waals surface area contributed by atoms with Gasteiger partial charge >= 0.3 is 0 Å². The lowest BCUT2D eigenvalue weighted by molar-refractivity contribution is 0.248. The van der Waals surface area contributed by atoms with E-state index in [1.54, 1.807) is 18.3 Å². The van der Waals surface area contributed by atoms with Gasteiger partial charge in [-0.1, -0.05) is 11.6 Å². The van der Waals surface area contributed by atoms with Gasteiger partial charge in [0.1, 0.15) is 17.5 Å². The molecular weight excluding hydrogens is 204 g/mol. The number of aliphatic hydroxyl groups is 1. The molecule has 2 rings (SSSR count). The van der Waals surface area contributed by atoms with Crippen LogP contribution in [0.3, 0.4) is 0 Å². The molecule has 0 saturated carbocycles. The van der Waals surface area contributed by atoms with Crippen LogP contribution in [0.4, 0.5) is 0 Å². The number of hydrogen-bond donors (Lipinski definition) is 1. The van der Waals surface area contributed by atoms with Gasteiger partial charge in [0.25, 0.3) is 0 Å². The maximum atomic E-state index is 8.77. The molecule has 2 aromatic rings. The van der Waals surface area contributed by atoms with Crippen molar-refractivity contribution >= 4 is 11.6 Å². The molecule has 2 heterocycles. The highest BCUT2D eigenvalue weighted by molar-refractivity contribution is 6.29. The first-order valence-corrected chi connectivity index (χ1v) is 4.35. The van der Waals surface area contributed by atoms with E-state index in [4.69, 9.17) is 21.1 Å². The lowest BCUT2D eigenvalue weighted by Crippen LogP contribution is -1.79. The molecule has 0 atom stereocenters. The highest BCUT2D eigenvalue weighted by atomic mass is 35.5. The van der Waals surface area contributed by atoms with Crippen LogP contribution in [0.2, 0.25) is 5.15 Å². The molecule has 72 valence electrons. The second-order valence-corrected chi connectivity index (χ2v) is 3.05. The first-order chi connectivity index (χ1) is 6.79. The predicted octanol–water partition coefficient (Wildman–Crippen LogP) is 1.88. The number of hydrogen-bond acceptors (Lipinski definition) is 4. The third-order valence-electron chi connectivity index (χ3n) is 1.68. The van der Waals surface area contributed by atoms with E-state index in [9.17, 15) is 0 Å². The van der Waals surface area contributed by atoms with Gasteiger partial charge < -0.3 is 9.52 Å². The van der Waals surface area contributed by atoms with Crippen LogP contribution in [-0.2, 0) is 6.61 Å². The number of nitrogens with zero attached hydrogens (tertiary/aromatic N) is 2. The van der Waals surface area contributed by atoms with Gasteiger partial charge in [0, 0.05) is 6.20 Å². The second kappa shape index (κ2) is 3.77. The molecule has 1 N–H and O–H groups in total. The van der Waals surface area contributed by atoms with E-state index in [2.05, 4.69) is 9.97 Å². The van der Waals surface area contributed by atoms with Crippen molar-refractivity contribution in [3.05, 3.63) is 35.4 Å². The maximum Gasteiger partial charge on any atom is 0.227 e. The molecule has 0 aliphatic carbocycles. The Bertz CT molecular complexity index is 425. The largest absolute Gasteiger partial charge is 0.439 e. The van der Waals surface area contributed by atoms with Crippen molar-refractivity contribution in [3.8, 4) is 11.5 Å². The van der Waals surface area contributed by atoms with E-state index in [0.717, 1.165) is 5.56 Å². The first-order valence-electron chi connectivity index (χ1n) is 3.97. The summed E-state index contributed by atoms with van der Waals surface area (Å²) in [5.74, 6) is 0.855. The van der Waals surface area contributed by atoms with E-state index in [1.807, 2.05) is 0 Å². The summed E-state index contributed by atoms with van der Waals surface area (Å²) in [7, 11) is 0. The molecule has 0 saturated heterocycles. The van der Waals surface area contributed by atoms with Gasteiger partial charge in [0.05, 0.1) is 11.8 Å². The van der Waals surface area contributed by atoms with Crippen LogP contribution >= 0.6 is 11.6 Å². The topological polar surface area (TPSA) is 59.2 Å². The Morgan fingerprint density at radius 3 is 2.71 bits per heavy atom. The van der Waals surface area contributed by atoms with Gasteiger partial charge in [-0.25, -0.2) is 9.97 Å². The zero-order valence-electron chi connectivity index (χ0n) is 7.14. The molecule has 14 heavy (non-hydrogen) atoms. The molecule has 0 aromatic carbocycles. The zero-order valence-corrected chi connectivity index (χ0v) is 7.90. The summed E-state index contributed by atoms with van der Waals surface area (Å²) in [6.45, 7) is -0.159. The number of pyridine rings is 1. The van der Waals surface area contributed by atoms with Crippen LogP contribution in [0.15, 0.2) is 28.9 Å². The summed E-state index contributed by atoms with van der Waals surface area (Å²) in [5.41, 5.74) is 0.731. The van der Waals surface area contributed by atoms with Gasteiger partial charge in [0.15, 0.2) is 0 Å². The average molecular weight is 211 g/mol. The molecule has 0 fully saturated rings. The smallest absolute Gasteiger partial charge is 0.227 e. The van der Waals surface area contributed by atoms with E-state index < -0.39 is 0 Å². The minimum atomic E-state index is -0.159. The minimum Gasteiger partial charge on any atom is -0.439 e. The normalized spacial score (nSPS) is 10.4. The quantitative estimate of drug-likeness (QED) is 0.769. The van der Waals surface area contributed by atoms with Crippen LogP contribution in [0, 0.1) is 0 Å². The number of aliphatic hydroxyl groups excluding tert-OH is 1. The molecule has 0 radical (unpaired) electrons. The molecule has 4 nitrogen and oxygen atoms in total. The van der Waals surface area contributed by atoms with Crippen molar-refractivity contribution in [1.29, 1.82) is 0 Å². The Balaban J connectivity index is 2.34. The molecule has 0 unspecified atom stereocenters. The average Bonchev–Trinajstić information content (AvgIpc) is 2.67. The summed E-state index contributed by atoms with van der Waals surface area (Å²) in [5, 5.41) is 9.19. The Morgan fingerprint density at radius 2 is 2.14 bits per heavy atom. The van der Waals surface area contributed by atoms with E-state index in [-0.39, 0.29) is 6.61 Å². The lowest BCUT2D eigenvalue weighted by Gasteiger charge is -1.94. The fourth-order valence-corrected chi connectivity index (χ4v) is 1.13. The molecule has 0 amide bonds. The number of oxazole rings is 1. The highest BCUT2D eigenvalue weighted by Gasteiger charge is 2.05. The summed E-state index contributed by atoms with van der Waals surface area (Å²) < 4.78 is 5.21. The van der Waals surface area contributed by atoms with Crippen molar-refractivity contribution in [2.75, 3.05) is 0 Å². The molecular formula is C9H7ClN2O2. The van der Waals surface area contributed by atoms with Crippen molar-refractivity contribution < 1.29 is 9.52 Å². The van der Waals surface area contributed by atoms with Crippen molar-refractivity contribution in [2.45, 2.75) is 6.61 Å². The molecule has 2 aromatic heterocycles. The molecule has 5 heteroatoms. The van der Waals surface area contributed by atoms with Crippen molar-refractivity contribution in [1.82, 2.24) is 9.97 Å². The standard InChI is InChI=1S/C9H7ClN2O2/c10-8-2-1-6(3-11-8)9-12-4-7(5-13)14-9/h1-4,13H,5H2. The number of halogens is 1. The third kappa shape index (κ3) is 1.76. The minimum absolute atomic E-state index is 0.159. The summed E-state index contributed by atoms with van der Waals surface area (Å²) in [6.07, 6.45) is 3.04. The highest BCUT2D eigenvalue weighted by Crippen LogP contribution is 2.19. The number of aromatic nitrogens is 2. The van der Waals surface area contributed by atoms with Crippen LogP contribution in [0.5, 0.6) is 0 Å². The second-order valence-electron chi connectivity index (χ2n) is 2.66. The van der Waals surface area contributed by atoms with Crippen LogP contribution < -0.4 is 0 Å². The van der Waals surface area contributed by atoms with Gasteiger partial charge in [-0.15, -0.1) is 0 Å². The summed E-state index contributed by atoms with van der Waals surface area (Å²) >= 11 is 5.63. The maximum absolute atomic E-state index is 8.77. The third-order valence-corrected chi connectivity index (χ3v) is 1.91. The predicted molar refractivity (Wildman–Crippen MR) is 50.7 cm³/mol.